The van der Waals surface area contributed by atoms with E-state index >= 15 is 0 Å². The van der Waals surface area contributed by atoms with Crippen molar-refractivity contribution in [2.75, 3.05) is 46.4 Å². The quantitative estimate of drug-likeness (QED) is 0.274. The van der Waals surface area contributed by atoms with Gasteiger partial charge in [-0.25, -0.2) is 0 Å². The highest BCUT2D eigenvalue weighted by molar-refractivity contribution is 14.0. The topological polar surface area (TPSA) is 48.9 Å². The van der Waals surface area contributed by atoms with Crippen LogP contribution >= 0.6 is 24.0 Å². The summed E-state index contributed by atoms with van der Waals surface area (Å²) in [6.45, 7) is 8.23. The number of methoxy groups -OCH3 is 1. The van der Waals surface area contributed by atoms with E-state index < -0.39 is 0 Å². The first kappa shape index (κ1) is 25.5. The zero-order valence-corrected chi connectivity index (χ0v) is 21.2. The van der Waals surface area contributed by atoms with Crippen molar-refractivity contribution in [2.45, 2.75) is 26.2 Å². The number of nitrogens with zero attached hydrogens (tertiary/aromatic N) is 2. The van der Waals surface area contributed by atoms with E-state index in [9.17, 15) is 0 Å². The summed E-state index contributed by atoms with van der Waals surface area (Å²) in [5, 5.41) is 6.85. The molecule has 2 aromatic carbocycles. The highest BCUT2D eigenvalue weighted by Gasteiger charge is 2.21. The molecule has 2 aromatic rings. The molecule has 1 aliphatic rings. The number of guanidine groups is 1. The predicted molar refractivity (Wildman–Crippen MR) is 141 cm³/mol. The molecule has 2 N–H and O–H groups in total. The van der Waals surface area contributed by atoms with Crippen LogP contribution in [0.15, 0.2) is 59.6 Å². The van der Waals surface area contributed by atoms with E-state index in [0.29, 0.717) is 5.92 Å². The molecule has 170 valence electrons. The Labute approximate surface area is 204 Å². The number of hydrogen-bond donors (Lipinski definition) is 2. The lowest BCUT2D eigenvalue weighted by Crippen LogP contribution is -2.38. The van der Waals surface area contributed by atoms with E-state index in [1.54, 1.807) is 7.11 Å². The molecule has 6 heteroatoms. The van der Waals surface area contributed by atoms with Gasteiger partial charge in [0.2, 0.25) is 0 Å². The van der Waals surface area contributed by atoms with Crippen LogP contribution in [0.2, 0.25) is 0 Å². The van der Waals surface area contributed by atoms with E-state index in [2.05, 4.69) is 64.9 Å². The van der Waals surface area contributed by atoms with Crippen LogP contribution in [0.1, 0.15) is 24.5 Å². The van der Waals surface area contributed by atoms with Gasteiger partial charge in [-0.3, -0.25) is 4.99 Å². The van der Waals surface area contributed by atoms with E-state index in [1.165, 1.54) is 24.1 Å². The average Bonchev–Trinajstić information content (AvgIpc) is 3.25. The molecule has 0 amide bonds. The van der Waals surface area contributed by atoms with Gasteiger partial charge in [0.15, 0.2) is 5.96 Å². The Morgan fingerprint density at radius 3 is 2.48 bits per heavy atom. The highest BCUT2D eigenvalue weighted by Crippen LogP contribution is 2.17. The minimum Gasteiger partial charge on any atom is -0.497 e. The van der Waals surface area contributed by atoms with E-state index in [-0.39, 0.29) is 24.0 Å². The van der Waals surface area contributed by atoms with Gasteiger partial charge in [-0.1, -0.05) is 42.5 Å². The van der Waals surface area contributed by atoms with Gasteiger partial charge >= 0.3 is 0 Å². The summed E-state index contributed by atoms with van der Waals surface area (Å²) in [6, 6.07) is 19.0. The monoisotopic (exact) mass is 536 g/mol. The number of halogens is 1. The molecule has 1 atom stereocenters. The molecule has 1 fully saturated rings. The van der Waals surface area contributed by atoms with Gasteiger partial charge in [0, 0.05) is 32.7 Å². The third kappa shape index (κ3) is 9.07. The molecule has 31 heavy (non-hydrogen) atoms. The second-order valence-corrected chi connectivity index (χ2v) is 7.94. The maximum atomic E-state index is 5.22. The Balaban J connectivity index is 0.00000341. The van der Waals surface area contributed by atoms with Gasteiger partial charge in [-0.05, 0) is 61.9 Å². The van der Waals surface area contributed by atoms with Crippen LogP contribution in [0.4, 0.5) is 0 Å². The molecule has 1 heterocycles. The van der Waals surface area contributed by atoms with Crippen LogP contribution in [0.5, 0.6) is 5.75 Å². The minimum atomic E-state index is 0. The molecule has 1 unspecified atom stereocenters. The maximum absolute atomic E-state index is 5.22. The van der Waals surface area contributed by atoms with Crippen molar-refractivity contribution in [3.05, 3.63) is 65.7 Å². The SMILES string of the molecule is CCNC(=NCC1CCN(CCc2ccccc2)C1)NCCc1ccc(OC)cc1.I. The number of benzene rings is 2. The standard InChI is InChI=1S/C25H36N4O.HI/c1-3-26-25(27-16-13-22-9-11-24(30-2)12-10-22)28-19-23-15-18-29(20-23)17-14-21-7-5-4-6-8-21;/h4-12,23H,3,13-20H2,1-2H3,(H2,26,27,28);1H. The fourth-order valence-electron chi connectivity index (χ4n) is 3.88. The Kier molecular flexibility index (Phi) is 11.7. The second-order valence-electron chi connectivity index (χ2n) is 7.94. The molecule has 0 saturated carbocycles. The molecule has 0 bridgehead atoms. The summed E-state index contributed by atoms with van der Waals surface area (Å²) in [6.07, 6.45) is 3.33. The smallest absolute Gasteiger partial charge is 0.191 e. The fraction of sp³-hybridized carbons (Fsp3) is 0.480. The van der Waals surface area contributed by atoms with E-state index in [4.69, 9.17) is 9.73 Å². The summed E-state index contributed by atoms with van der Waals surface area (Å²) in [5.74, 6) is 2.47. The lowest BCUT2D eigenvalue weighted by atomic mass is 10.1. The second kappa shape index (κ2) is 14.3. The molecule has 5 nitrogen and oxygen atoms in total. The van der Waals surface area contributed by atoms with E-state index in [1.807, 2.05) is 12.1 Å². The van der Waals surface area contributed by atoms with Crippen LogP contribution in [0.25, 0.3) is 0 Å². The summed E-state index contributed by atoms with van der Waals surface area (Å²) in [7, 11) is 1.70. The average molecular weight is 537 g/mol. The molecule has 1 saturated heterocycles. The Morgan fingerprint density at radius 1 is 1.03 bits per heavy atom. The first-order valence-electron chi connectivity index (χ1n) is 11.2. The summed E-state index contributed by atoms with van der Waals surface area (Å²) < 4.78 is 5.22. The van der Waals surface area contributed by atoms with E-state index in [0.717, 1.165) is 57.3 Å². The number of likely N-dealkylation sites (tertiary alicyclic amines) is 1. The normalized spacial score (nSPS) is 16.6. The van der Waals surface area contributed by atoms with Crippen LogP contribution in [-0.4, -0.2) is 57.2 Å². The van der Waals surface area contributed by atoms with Crippen molar-refractivity contribution in [1.82, 2.24) is 15.5 Å². The largest absolute Gasteiger partial charge is 0.497 e. The van der Waals surface area contributed by atoms with Gasteiger partial charge in [0.05, 0.1) is 7.11 Å². The molecule has 0 spiro atoms. The Bertz CT molecular complexity index is 767. The fourth-order valence-corrected chi connectivity index (χ4v) is 3.88. The molecule has 3 rings (SSSR count). The van der Waals surface area contributed by atoms with Gasteiger partial charge in [-0.2, -0.15) is 0 Å². The third-order valence-corrected chi connectivity index (χ3v) is 5.65. The minimum absolute atomic E-state index is 0. The number of aliphatic imine (C=N–C) groups is 1. The van der Waals surface area contributed by atoms with Crippen molar-refractivity contribution in [1.29, 1.82) is 0 Å². The predicted octanol–water partition coefficient (Wildman–Crippen LogP) is 3.98. The first-order valence-corrected chi connectivity index (χ1v) is 11.2. The van der Waals surface area contributed by atoms with Gasteiger partial charge in [0.25, 0.3) is 0 Å². The number of ether oxygens (including phenoxy) is 1. The summed E-state index contributed by atoms with van der Waals surface area (Å²) >= 11 is 0. The van der Waals surface area contributed by atoms with Crippen LogP contribution in [0, 0.1) is 5.92 Å². The Hall–Kier alpha value is -1.80. The first-order chi connectivity index (χ1) is 14.8. The lowest BCUT2D eigenvalue weighted by molar-refractivity contribution is 0.329. The van der Waals surface area contributed by atoms with Crippen molar-refractivity contribution in [3.8, 4) is 5.75 Å². The molecule has 0 radical (unpaired) electrons. The van der Waals surface area contributed by atoms with Gasteiger partial charge < -0.3 is 20.3 Å². The Morgan fingerprint density at radius 2 is 1.77 bits per heavy atom. The van der Waals surface area contributed by atoms with Crippen LogP contribution < -0.4 is 15.4 Å². The maximum Gasteiger partial charge on any atom is 0.191 e. The third-order valence-electron chi connectivity index (χ3n) is 5.65. The zero-order chi connectivity index (χ0) is 21.0. The lowest BCUT2D eigenvalue weighted by Gasteiger charge is -2.16. The van der Waals surface area contributed by atoms with Crippen molar-refractivity contribution in [3.63, 3.8) is 0 Å². The van der Waals surface area contributed by atoms with Gasteiger partial charge in [-0.15, -0.1) is 24.0 Å². The number of hydrogen-bond acceptors (Lipinski definition) is 3. The van der Waals surface area contributed by atoms with Crippen LogP contribution in [-0.2, 0) is 12.8 Å². The molecule has 0 aromatic heterocycles. The zero-order valence-electron chi connectivity index (χ0n) is 18.8. The molecular weight excluding hydrogens is 499 g/mol. The van der Waals surface area contributed by atoms with Crippen molar-refractivity contribution >= 4 is 29.9 Å². The molecular formula is C25H37IN4O. The summed E-state index contributed by atoms with van der Waals surface area (Å²) in [5.41, 5.74) is 2.72. The number of rotatable bonds is 10. The highest BCUT2D eigenvalue weighted by atomic mass is 127. The number of nitrogens with one attached hydrogen (secondary N) is 2. The van der Waals surface area contributed by atoms with Crippen LogP contribution in [0.3, 0.4) is 0 Å². The van der Waals surface area contributed by atoms with Crippen molar-refractivity contribution in [2.24, 2.45) is 10.9 Å². The molecule has 1 aliphatic heterocycles. The summed E-state index contributed by atoms with van der Waals surface area (Å²) in [4.78, 5) is 7.44. The molecule has 0 aliphatic carbocycles. The van der Waals surface area contributed by atoms with Gasteiger partial charge in [0.1, 0.15) is 5.75 Å². The van der Waals surface area contributed by atoms with Crippen molar-refractivity contribution < 1.29 is 4.74 Å².